The van der Waals surface area contributed by atoms with Crippen molar-refractivity contribution in [1.29, 1.82) is 0 Å². The molecule has 0 aliphatic carbocycles. The molecule has 0 heterocycles. The number of hydrogen-bond acceptors (Lipinski definition) is 2. The van der Waals surface area contributed by atoms with Crippen LogP contribution in [0, 0.1) is 0 Å². The molecule has 1 unspecified atom stereocenters. The van der Waals surface area contributed by atoms with Gasteiger partial charge in [0.2, 0.25) is 5.91 Å². The standard InChI is InChI=1S/C13H18BrClN2O/c1-3-4-9(2)17-13(18)8-16-10-5-6-11(14)12(15)7-10/h5-7,9,16H,3-4,8H2,1-2H3,(H,17,18). The summed E-state index contributed by atoms with van der Waals surface area (Å²) in [5.41, 5.74) is 0.835. The minimum atomic E-state index is -0.00464. The van der Waals surface area contributed by atoms with Crippen LogP contribution in [0.25, 0.3) is 0 Å². The molecule has 1 amide bonds. The monoisotopic (exact) mass is 332 g/mol. The quantitative estimate of drug-likeness (QED) is 0.831. The number of halogens is 2. The lowest BCUT2D eigenvalue weighted by Crippen LogP contribution is -2.36. The molecule has 100 valence electrons. The zero-order valence-electron chi connectivity index (χ0n) is 10.6. The fourth-order valence-corrected chi connectivity index (χ4v) is 2.05. The second kappa shape index (κ2) is 7.64. The molecule has 0 saturated heterocycles. The van der Waals surface area contributed by atoms with Crippen LogP contribution in [0.2, 0.25) is 5.02 Å². The van der Waals surface area contributed by atoms with Crippen LogP contribution < -0.4 is 10.6 Å². The number of amides is 1. The molecule has 0 bridgehead atoms. The molecule has 0 fully saturated rings. The fraction of sp³-hybridized carbons (Fsp3) is 0.462. The second-order valence-electron chi connectivity index (χ2n) is 4.24. The topological polar surface area (TPSA) is 41.1 Å². The molecule has 1 aromatic carbocycles. The summed E-state index contributed by atoms with van der Waals surface area (Å²) in [6, 6.07) is 5.73. The highest BCUT2D eigenvalue weighted by Crippen LogP contribution is 2.25. The van der Waals surface area contributed by atoms with E-state index >= 15 is 0 Å². The molecule has 5 heteroatoms. The van der Waals surface area contributed by atoms with Gasteiger partial charge in [0, 0.05) is 16.2 Å². The highest BCUT2D eigenvalue weighted by atomic mass is 79.9. The van der Waals surface area contributed by atoms with E-state index in [1.165, 1.54) is 0 Å². The molecular formula is C13H18BrClN2O. The number of nitrogens with one attached hydrogen (secondary N) is 2. The third kappa shape index (κ3) is 5.27. The van der Waals surface area contributed by atoms with Crippen molar-refractivity contribution in [3.8, 4) is 0 Å². The molecule has 1 aromatic rings. The number of rotatable bonds is 6. The average Bonchev–Trinajstić information content (AvgIpc) is 2.31. The Morgan fingerprint density at radius 3 is 2.83 bits per heavy atom. The second-order valence-corrected chi connectivity index (χ2v) is 5.50. The van der Waals surface area contributed by atoms with Gasteiger partial charge < -0.3 is 10.6 Å². The molecule has 1 rings (SSSR count). The average molecular weight is 334 g/mol. The molecule has 0 radical (unpaired) electrons. The summed E-state index contributed by atoms with van der Waals surface area (Å²) < 4.78 is 0.843. The van der Waals surface area contributed by atoms with Crippen molar-refractivity contribution in [2.24, 2.45) is 0 Å². The van der Waals surface area contributed by atoms with E-state index in [4.69, 9.17) is 11.6 Å². The normalized spacial score (nSPS) is 12.0. The Morgan fingerprint density at radius 2 is 2.22 bits per heavy atom. The van der Waals surface area contributed by atoms with Gasteiger partial charge >= 0.3 is 0 Å². The summed E-state index contributed by atoms with van der Waals surface area (Å²) in [6.07, 6.45) is 2.06. The number of carbonyl (C=O) groups is 1. The Labute approximate surface area is 121 Å². The van der Waals surface area contributed by atoms with Gasteiger partial charge in [0.25, 0.3) is 0 Å². The van der Waals surface area contributed by atoms with Gasteiger partial charge in [-0.05, 0) is 47.5 Å². The van der Waals surface area contributed by atoms with Gasteiger partial charge in [0.1, 0.15) is 0 Å². The Kier molecular flexibility index (Phi) is 6.50. The Balaban J connectivity index is 2.40. The molecule has 0 aliphatic rings. The van der Waals surface area contributed by atoms with Crippen molar-refractivity contribution in [3.05, 3.63) is 27.7 Å². The van der Waals surface area contributed by atoms with Gasteiger partial charge in [-0.15, -0.1) is 0 Å². The summed E-state index contributed by atoms with van der Waals surface area (Å²) in [4.78, 5) is 11.6. The summed E-state index contributed by atoms with van der Waals surface area (Å²) in [5.74, 6) is -0.00464. The van der Waals surface area contributed by atoms with Crippen molar-refractivity contribution < 1.29 is 4.79 Å². The third-order valence-corrected chi connectivity index (χ3v) is 3.73. The highest BCUT2D eigenvalue weighted by molar-refractivity contribution is 9.10. The van der Waals surface area contributed by atoms with E-state index in [-0.39, 0.29) is 18.5 Å². The summed E-state index contributed by atoms with van der Waals surface area (Å²) in [6.45, 7) is 4.37. The van der Waals surface area contributed by atoms with E-state index in [9.17, 15) is 4.79 Å². The largest absolute Gasteiger partial charge is 0.376 e. The lowest BCUT2D eigenvalue weighted by molar-refractivity contribution is -0.120. The maximum Gasteiger partial charge on any atom is 0.239 e. The molecule has 3 nitrogen and oxygen atoms in total. The van der Waals surface area contributed by atoms with Crippen LogP contribution in [-0.2, 0) is 4.79 Å². The molecule has 0 aromatic heterocycles. The third-order valence-electron chi connectivity index (χ3n) is 2.50. The molecule has 0 spiro atoms. The fourth-order valence-electron chi connectivity index (χ4n) is 1.62. The minimum Gasteiger partial charge on any atom is -0.376 e. The summed E-state index contributed by atoms with van der Waals surface area (Å²) in [5, 5.41) is 6.60. The molecule has 2 N–H and O–H groups in total. The lowest BCUT2D eigenvalue weighted by atomic mass is 10.2. The minimum absolute atomic E-state index is 0.00464. The van der Waals surface area contributed by atoms with Crippen LogP contribution in [0.4, 0.5) is 5.69 Å². The van der Waals surface area contributed by atoms with Crippen molar-refractivity contribution in [3.63, 3.8) is 0 Å². The molecular weight excluding hydrogens is 316 g/mol. The van der Waals surface area contributed by atoms with Gasteiger partial charge in [-0.3, -0.25) is 4.79 Å². The van der Waals surface area contributed by atoms with Crippen LogP contribution in [0.3, 0.4) is 0 Å². The van der Waals surface area contributed by atoms with E-state index in [0.717, 1.165) is 23.0 Å². The number of benzene rings is 1. The van der Waals surface area contributed by atoms with Gasteiger partial charge in [0.05, 0.1) is 11.6 Å². The zero-order chi connectivity index (χ0) is 13.5. The predicted molar refractivity (Wildman–Crippen MR) is 80.2 cm³/mol. The van der Waals surface area contributed by atoms with Crippen LogP contribution in [-0.4, -0.2) is 18.5 Å². The first-order valence-corrected chi connectivity index (χ1v) is 7.18. The Hall–Kier alpha value is -0.740. The Morgan fingerprint density at radius 1 is 1.50 bits per heavy atom. The van der Waals surface area contributed by atoms with E-state index in [1.807, 2.05) is 19.1 Å². The van der Waals surface area contributed by atoms with Crippen molar-refractivity contribution >= 4 is 39.1 Å². The predicted octanol–water partition coefficient (Wildman–Crippen LogP) is 3.82. The summed E-state index contributed by atoms with van der Waals surface area (Å²) in [7, 11) is 0. The SMILES string of the molecule is CCCC(C)NC(=O)CNc1ccc(Br)c(Cl)c1. The molecule has 18 heavy (non-hydrogen) atoms. The Bertz CT molecular complexity index is 412. The van der Waals surface area contributed by atoms with E-state index in [2.05, 4.69) is 33.5 Å². The van der Waals surface area contributed by atoms with Gasteiger partial charge in [0.15, 0.2) is 0 Å². The summed E-state index contributed by atoms with van der Waals surface area (Å²) >= 11 is 9.29. The van der Waals surface area contributed by atoms with Crippen LogP contribution in [0.15, 0.2) is 22.7 Å². The zero-order valence-corrected chi connectivity index (χ0v) is 12.9. The van der Waals surface area contributed by atoms with Gasteiger partial charge in [-0.1, -0.05) is 24.9 Å². The number of anilines is 1. The maximum atomic E-state index is 11.6. The van der Waals surface area contributed by atoms with Crippen molar-refractivity contribution in [1.82, 2.24) is 5.32 Å². The first kappa shape index (κ1) is 15.3. The van der Waals surface area contributed by atoms with Crippen LogP contribution in [0.5, 0.6) is 0 Å². The number of hydrogen-bond donors (Lipinski definition) is 2. The van der Waals surface area contributed by atoms with E-state index in [0.29, 0.717) is 5.02 Å². The highest BCUT2D eigenvalue weighted by Gasteiger charge is 2.06. The lowest BCUT2D eigenvalue weighted by Gasteiger charge is -2.13. The van der Waals surface area contributed by atoms with Crippen LogP contribution in [0.1, 0.15) is 26.7 Å². The smallest absolute Gasteiger partial charge is 0.239 e. The van der Waals surface area contributed by atoms with Gasteiger partial charge in [-0.25, -0.2) is 0 Å². The molecule has 0 aliphatic heterocycles. The molecule has 0 saturated carbocycles. The van der Waals surface area contributed by atoms with Crippen molar-refractivity contribution in [2.75, 3.05) is 11.9 Å². The van der Waals surface area contributed by atoms with E-state index in [1.54, 1.807) is 6.07 Å². The number of carbonyl (C=O) groups excluding carboxylic acids is 1. The van der Waals surface area contributed by atoms with E-state index < -0.39 is 0 Å². The van der Waals surface area contributed by atoms with Gasteiger partial charge in [-0.2, -0.15) is 0 Å². The van der Waals surface area contributed by atoms with Crippen molar-refractivity contribution in [2.45, 2.75) is 32.7 Å². The first-order valence-electron chi connectivity index (χ1n) is 6.01. The van der Waals surface area contributed by atoms with Crippen LogP contribution >= 0.6 is 27.5 Å². The molecule has 1 atom stereocenters. The maximum absolute atomic E-state index is 11.6. The first-order chi connectivity index (χ1) is 8.52.